The summed E-state index contributed by atoms with van der Waals surface area (Å²) in [5.41, 5.74) is 1.51. The van der Waals surface area contributed by atoms with Crippen molar-refractivity contribution in [3.8, 4) is 0 Å². The molecule has 0 atom stereocenters. The molecule has 0 saturated heterocycles. The van der Waals surface area contributed by atoms with Gasteiger partial charge in [0.15, 0.2) is 0 Å². The first kappa shape index (κ1) is 13.4. The summed E-state index contributed by atoms with van der Waals surface area (Å²) in [5, 5.41) is 17.8. The second-order valence-corrected chi connectivity index (χ2v) is 4.38. The van der Waals surface area contributed by atoms with Gasteiger partial charge in [0.1, 0.15) is 0 Å². The van der Waals surface area contributed by atoms with Crippen molar-refractivity contribution in [2.75, 3.05) is 6.54 Å². The molecule has 6 heteroatoms. The van der Waals surface area contributed by atoms with E-state index in [0.29, 0.717) is 24.7 Å². The van der Waals surface area contributed by atoms with Gasteiger partial charge in [-0.2, -0.15) is 4.68 Å². The molecule has 0 radical (unpaired) electrons. The van der Waals surface area contributed by atoms with Gasteiger partial charge in [-0.25, -0.2) is 0 Å². The fraction of sp³-hybridized carbons (Fsp3) is 0.545. The van der Waals surface area contributed by atoms with Crippen LogP contribution in [0, 0.1) is 17.0 Å². The largest absolute Gasteiger partial charge is 0.392 e. The molecule has 0 unspecified atom stereocenters. The molecule has 1 heterocycles. The molecule has 0 aliphatic carbocycles. The lowest BCUT2D eigenvalue weighted by molar-refractivity contribution is -0.390. The molecule has 94 valence electrons. The minimum absolute atomic E-state index is 0.0883. The number of aromatic nitrogens is 2. The van der Waals surface area contributed by atoms with E-state index in [1.165, 1.54) is 0 Å². The second-order valence-electron chi connectivity index (χ2n) is 4.38. The van der Waals surface area contributed by atoms with Crippen LogP contribution in [0.15, 0.2) is 18.3 Å². The van der Waals surface area contributed by atoms with Gasteiger partial charge in [0.2, 0.25) is 0 Å². The normalized spacial score (nSPS) is 10.8. The Labute approximate surface area is 100 Å². The van der Waals surface area contributed by atoms with Gasteiger partial charge in [-0.15, -0.1) is 0 Å². The van der Waals surface area contributed by atoms with Crippen molar-refractivity contribution in [3.63, 3.8) is 0 Å². The van der Waals surface area contributed by atoms with Crippen LogP contribution in [0.4, 0.5) is 5.82 Å². The Morgan fingerprint density at radius 2 is 2.35 bits per heavy atom. The van der Waals surface area contributed by atoms with Crippen molar-refractivity contribution in [1.82, 2.24) is 15.1 Å². The van der Waals surface area contributed by atoms with E-state index in [1.54, 1.807) is 17.8 Å². The molecule has 0 saturated carbocycles. The molecule has 0 spiro atoms. The number of aryl methyl sites for hydroxylation is 1. The van der Waals surface area contributed by atoms with Crippen molar-refractivity contribution >= 4 is 5.82 Å². The number of hydrogen-bond acceptors (Lipinski definition) is 4. The average Bonchev–Trinajstić information content (AvgIpc) is 2.56. The molecular formula is C11H18N4O2. The molecule has 1 aromatic rings. The quantitative estimate of drug-likeness (QED) is 0.464. The predicted octanol–water partition coefficient (Wildman–Crippen LogP) is 1.65. The Kier molecular flexibility index (Phi) is 4.39. The highest BCUT2D eigenvalue weighted by molar-refractivity contribution is 5.28. The maximum absolute atomic E-state index is 10.6. The van der Waals surface area contributed by atoms with Crippen molar-refractivity contribution in [2.24, 2.45) is 0 Å². The van der Waals surface area contributed by atoms with Crippen LogP contribution in [0.5, 0.6) is 0 Å². The van der Waals surface area contributed by atoms with Gasteiger partial charge in [-0.05, 0) is 17.4 Å². The first-order chi connectivity index (χ1) is 7.90. The summed E-state index contributed by atoms with van der Waals surface area (Å²) in [6.45, 7) is 10.9. The number of nitrogens with zero attached hydrogens (tertiary/aromatic N) is 3. The van der Waals surface area contributed by atoms with E-state index in [1.807, 2.05) is 0 Å². The smallest absolute Gasteiger partial charge is 0.358 e. The number of nitro groups is 1. The summed E-state index contributed by atoms with van der Waals surface area (Å²) >= 11 is 0. The molecule has 0 aliphatic heterocycles. The highest BCUT2D eigenvalue weighted by Crippen LogP contribution is 2.14. The summed E-state index contributed by atoms with van der Waals surface area (Å²) < 4.78 is 1.55. The molecule has 17 heavy (non-hydrogen) atoms. The molecule has 0 aliphatic rings. The third kappa shape index (κ3) is 3.99. The Morgan fingerprint density at radius 3 is 2.82 bits per heavy atom. The molecule has 0 amide bonds. The Morgan fingerprint density at radius 1 is 1.71 bits per heavy atom. The molecule has 0 bridgehead atoms. The standard InChI is InChI=1S/C11H18N4O2/c1-8(2)12-5-9(3)6-14-7-10(4)11(13-14)15(16)17/h7-8,12H,3,5-6H2,1-2,4H3. The first-order valence-corrected chi connectivity index (χ1v) is 5.48. The maximum atomic E-state index is 10.6. The Hall–Kier alpha value is -1.69. The van der Waals surface area contributed by atoms with Crippen molar-refractivity contribution in [1.29, 1.82) is 0 Å². The minimum Gasteiger partial charge on any atom is -0.358 e. The lowest BCUT2D eigenvalue weighted by Crippen LogP contribution is -2.26. The van der Waals surface area contributed by atoms with Crippen molar-refractivity contribution < 1.29 is 4.92 Å². The van der Waals surface area contributed by atoms with E-state index in [4.69, 9.17) is 0 Å². The van der Waals surface area contributed by atoms with Crippen LogP contribution in [-0.4, -0.2) is 27.3 Å². The van der Waals surface area contributed by atoms with Crippen LogP contribution >= 0.6 is 0 Å². The fourth-order valence-corrected chi connectivity index (χ4v) is 1.41. The van der Waals surface area contributed by atoms with Crippen LogP contribution in [0.25, 0.3) is 0 Å². The summed E-state index contributed by atoms with van der Waals surface area (Å²) in [6, 6.07) is 0.389. The van der Waals surface area contributed by atoms with Gasteiger partial charge in [0.05, 0.1) is 23.4 Å². The topological polar surface area (TPSA) is 73.0 Å². The monoisotopic (exact) mass is 238 g/mol. The fourth-order valence-electron chi connectivity index (χ4n) is 1.41. The van der Waals surface area contributed by atoms with Crippen molar-refractivity contribution in [3.05, 3.63) is 34.0 Å². The highest BCUT2D eigenvalue weighted by atomic mass is 16.6. The van der Waals surface area contributed by atoms with Crippen LogP contribution in [0.1, 0.15) is 19.4 Å². The highest BCUT2D eigenvalue weighted by Gasteiger charge is 2.17. The molecule has 1 rings (SSSR count). The zero-order valence-electron chi connectivity index (χ0n) is 10.4. The first-order valence-electron chi connectivity index (χ1n) is 5.48. The van der Waals surface area contributed by atoms with Crippen molar-refractivity contribution in [2.45, 2.75) is 33.4 Å². The number of hydrogen-bond donors (Lipinski definition) is 1. The molecular weight excluding hydrogens is 220 g/mol. The summed E-state index contributed by atoms with van der Waals surface area (Å²) in [6.07, 6.45) is 1.67. The SMILES string of the molecule is C=C(CNC(C)C)Cn1cc(C)c([N+](=O)[O-])n1. The lowest BCUT2D eigenvalue weighted by atomic mass is 10.3. The van der Waals surface area contributed by atoms with Gasteiger partial charge in [0, 0.05) is 12.6 Å². The van der Waals surface area contributed by atoms with Crippen LogP contribution in [0.2, 0.25) is 0 Å². The Bertz CT molecular complexity index is 423. The lowest BCUT2D eigenvalue weighted by Gasteiger charge is -2.09. The van der Waals surface area contributed by atoms with Crippen LogP contribution in [-0.2, 0) is 6.54 Å². The second kappa shape index (κ2) is 5.58. The third-order valence-corrected chi connectivity index (χ3v) is 2.24. The molecule has 1 N–H and O–H groups in total. The minimum atomic E-state index is -0.471. The van der Waals surface area contributed by atoms with E-state index in [2.05, 4.69) is 30.8 Å². The number of rotatable bonds is 6. The predicted molar refractivity (Wildman–Crippen MR) is 65.9 cm³/mol. The summed E-state index contributed by atoms with van der Waals surface area (Å²) in [7, 11) is 0. The van der Waals surface area contributed by atoms with Crippen LogP contribution in [0.3, 0.4) is 0 Å². The molecule has 6 nitrogen and oxygen atoms in total. The van der Waals surface area contributed by atoms with Gasteiger partial charge in [0.25, 0.3) is 0 Å². The van der Waals surface area contributed by atoms with Gasteiger partial charge in [-0.3, -0.25) is 0 Å². The average molecular weight is 238 g/mol. The zero-order chi connectivity index (χ0) is 13.0. The van der Waals surface area contributed by atoms with E-state index >= 15 is 0 Å². The zero-order valence-corrected chi connectivity index (χ0v) is 10.4. The summed E-state index contributed by atoms with van der Waals surface area (Å²) in [4.78, 5) is 10.2. The number of nitrogens with one attached hydrogen (secondary N) is 1. The summed E-state index contributed by atoms with van der Waals surface area (Å²) in [5.74, 6) is -0.0883. The molecule has 0 aromatic carbocycles. The van der Waals surface area contributed by atoms with E-state index < -0.39 is 4.92 Å². The third-order valence-electron chi connectivity index (χ3n) is 2.24. The van der Waals surface area contributed by atoms with Crippen LogP contribution < -0.4 is 5.32 Å². The maximum Gasteiger partial charge on any atom is 0.392 e. The van der Waals surface area contributed by atoms with Gasteiger partial charge in [-0.1, -0.05) is 20.4 Å². The Balaban J connectivity index is 2.60. The van der Waals surface area contributed by atoms with Gasteiger partial charge < -0.3 is 15.4 Å². The van der Waals surface area contributed by atoms with E-state index in [9.17, 15) is 10.1 Å². The van der Waals surface area contributed by atoms with E-state index in [0.717, 1.165) is 5.57 Å². The molecule has 1 aromatic heterocycles. The van der Waals surface area contributed by atoms with Gasteiger partial charge >= 0.3 is 5.82 Å². The molecule has 0 fully saturated rings. The van der Waals surface area contributed by atoms with E-state index in [-0.39, 0.29) is 5.82 Å².